The quantitative estimate of drug-likeness (QED) is 0.646. The molecule has 0 bridgehead atoms. The molecule has 0 fully saturated rings. The number of carbonyl (C=O) groups excluding carboxylic acids is 1. The zero-order valence-corrected chi connectivity index (χ0v) is 7.07. The highest BCUT2D eigenvalue weighted by atomic mass is 16.7. The summed E-state index contributed by atoms with van der Waals surface area (Å²) in [6, 6.07) is 0. The van der Waals surface area contributed by atoms with Gasteiger partial charge in [-0.3, -0.25) is 9.63 Å². The molecule has 0 spiro atoms. The van der Waals surface area contributed by atoms with Crippen molar-refractivity contribution in [2.45, 2.75) is 6.42 Å². The largest absolute Gasteiger partial charge is 0.348 e. The Kier molecular flexibility index (Phi) is 2.82. The van der Waals surface area contributed by atoms with Crippen molar-refractivity contribution in [3.8, 4) is 0 Å². The van der Waals surface area contributed by atoms with Crippen molar-refractivity contribution in [2.24, 2.45) is 0 Å². The minimum Gasteiger partial charge on any atom is -0.348 e. The second-order valence-electron chi connectivity index (χ2n) is 2.29. The summed E-state index contributed by atoms with van der Waals surface area (Å²) in [5.41, 5.74) is 0. The molecule has 0 atom stereocenters. The molecule has 1 amide bonds. The summed E-state index contributed by atoms with van der Waals surface area (Å²) in [5, 5.41) is 1.17. The van der Waals surface area contributed by atoms with E-state index < -0.39 is 0 Å². The van der Waals surface area contributed by atoms with Crippen LogP contribution in [0.5, 0.6) is 0 Å². The summed E-state index contributed by atoms with van der Waals surface area (Å²) in [6.45, 7) is 0. The number of aromatic nitrogens is 2. The molecule has 5 nitrogen and oxygen atoms in total. The Labute approximate surface area is 70.3 Å². The van der Waals surface area contributed by atoms with Crippen molar-refractivity contribution in [2.75, 3.05) is 14.2 Å². The second-order valence-corrected chi connectivity index (χ2v) is 2.29. The van der Waals surface area contributed by atoms with E-state index in [1.165, 1.54) is 12.2 Å². The van der Waals surface area contributed by atoms with Gasteiger partial charge in [0, 0.05) is 19.4 Å². The van der Waals surface area contributed by atoms with E-state index in [1.807, 2.05) is 0 Å². The zero-order chi connectivity index (χ0) is 8.97. The molecule has 12 heavy (non-hydrogen) atoms. The summed E-state index contributed by atoms with van der Waals surface area (Å²) in [7, 11) is 3.01. The maximum atomic E-state index is 11.2. The van der Waals surface area contributed by atoms with Gasteiger partial charge in [-0.2, -0.15) is 0 Å². The fourth-order valence-corrected chi connectivity index (χ4v) is 0.751. The van der Waals surface area contributed by atoms with E-state index in [0.717, 1.165) is 0 Å². The number of H-pyrrole nitrogens is 1. The van der Waals surface area contributed by atoms with Crippen LogP contribution in [0, 0.1) is 0 Å². The Hall–Kier alpha value is -1.36. The highest BCUT2D eigenvalue weighted by Gasteiger charge is 2.09. The summed E-state index contributed by atoms with van der Waals surface area (Å²) < 4.78 is 0. The predicted molar refractivity (Wildman–Crippen MR) is 42.1 cm³/mol. The van der Waals surface area contributed by atoms with Crippen LogP contribution in [0.2, 0.25) is 0 Å². The Balaban J connectivity index is 2.47. The second kappa shape index (κ2) is 3.87. The number of hydroxylamine groups is 2. The van der Waals surface area contributed by atoms with Crippen LogP contribution in [0.3, 0.4) is 0 Å². The molecular formula is C7H11N3O2. The smallest absolute Gasteiger partial charge is 0.253 e. The Morgan fingerprint density at radius 2 is 2.58 bits per heavy atom. The summed E-state index contributed by atoms with van der Waals surface area (Å²) in [4.78, 5) is 22.6. The molecule has 0 aliphatic heterocycles. The first kappa shape index (κ1) is 8.73. The van der Waals surface area contributed by atoms with Gasteiger partial charge in [0.1, 0.15) is 5.82 Å². The molecule has 1 N–H and O–H groups in total. The monoisotopic (exact) mass is 169 g/mol. The van der Waals surface area contributed by atoms with Gasteiger partial charge in [0.05, 0.1) is 13.5 Å². The van der Waals surface area contributed by atoms with Gasteiger partial charge in [-0.05, 0) is 0 Å². The van der Waals surface area contributed by atoms with E-state index >= 15 is 0 Å². The van der Waals surface area contributed by atoms with E-state index in [9.17, 15) is 4.79 Å². The fraction of sp³-hybridized carbons (Fsp3) is 0.429. The zero-order valence-electron chi connectivity index (χ0n) is 7.07. The van der Waals surface area contributed by atoms with Crippen molar-refractivity contribution in [3.63, 3.8) is 0 Å². The summed E-state index contributed by atoms with van der Waals surface area (Å²) in [6.07, 6.45) is 3.52. The van der Waals surface area contributed by atoms with Crippen LogP contribution in [0.15, 0.2) is 12.4 Å². The minimum absolute atomic E-state index is 0.132. The number of nitrogens with one attached hydrogen (secondary N) is 1. The van der Waals surface area contributed by atoms with E-state index in [2.05, 4.69) is 9.97 Å². The van der Waals surface area contributed by atoms with Crippen molar-refractivity contribution in [1.82, 2.24) is 15.0 Å². The van der Waals surface area contributed by atoms with Crippen LogP contribution in [0.1, 0.15) is 5.82 Å². The molecular weight excluding hydrogens is 158 g/mol. The van der Waals surface area contributed by atoms with Crippen LogP contribution in [0.4, 0.5) is 0 Å². The lowest BCUT2D eigenvalue weighted by molar-refractivity contribution is -0.167. The molecule has 0 saturated heterocycles. The Bertz CT molecular complexity index is 245. The summed E-state index contributed by atoms with van der Waals surface area (Å²) in [5.74, 6) is 0.511. The van der Waals surface area contributed by atoms with Crippen molar-refractivity contribution in [3.05, 3.63) is 18.2 Å². The lowest BCUT2D eigenvalue weighted by Crippen LogP contribution is -2.27. The maximum absolute atomic E-state index is 11.2. The number of hydrogen-bond acceptors (Lipinski definition) is 3. The van der Waals surface area contributed by atoms with Crippen LogP contribution in [-0.4, -0.2) is 35.1 Å². The van der Waals surface area contributed by atoms with E-state index in [1.54, 1.807) is 19.4 Å². The highest BCUT2D eigenvalue weighted by molar-refractivity contribution is 5.76. The molecule has 5 heteroatoms. The standard InChI is InChI=1S/C7H11N3O2/c1-10(12-2)7(11)5-6-8-3-4-9-6/h3-4H,5H2,1-2H3,(H,8,9). The first-order chi connectivity index (χ1) is 5.74. The van der Waals surface area contributed by atoms with Crippen LogP contribution in [0.25, 0.3) is 0 Å². The van der Waals surface area contributed by atoms with Crippen molar-refractivity contribution >= 4 is 5.91 Å². The first-order valence-corrected chi connectivity index (χ1v) is 3.53. The predicted octanol–water partition coefficient (Wildman–Crippen LogP) is -0.0280. The SMILES string of the molecule is CON(C)C(=O)Cc1ncc[nH]1. The summed E-state index contributed by atoms with van der Waals surface area (Å²) >= 11 is 0. The molecule has 0 aliphatic carbocycles. The topological polar surface area (TPSA) is 58.2 Å². The average Bonchev–Trinajstić information content (AvgIpc) is 2.55. The van der Waals surface area contributed by atoms with Gasteiger partial charge in [-0.1, -0.05) is 0 Å². The Morgan fingerprint density at radius 3 is 3.08 bits per heavy atom. The number of amides is 1. The lowest BCUT2D eigenvalue weighted by Gasteiger charge is -2.11. The van der Waals surface area contributed by atoms with Gasteiger partial charge >= 0.3 is 0 Å². The van der Waals surface area contributed by atoms with Crippen LogP contribution >= 0.6 is 0 Å². The molecule has 1 rings (SSSR count). The molecule has 0 aromatic carbocycles. The third-order valence-electron chi connectivity index (χ3n) is 1.50. The lowest BCUT2D eigenvalue weighted by atomic mass is 10.4. The van der Waals surface area contributed by atoms with Gasteiger partial charge in [-0.15, -0.1) is 0 Å². The van der Waals surface area contributed by atoms with E-state index in [0.29, 0.717) is 5.82 Å². The molecule has 1 aromatic rings. The molecule has 0 saturated carbocycles. The molecule has 0 radical (unpaired) electrons. The molecule has 66 valence electrons. The number of carbonyl (C=O) groups is 1. The van der Waals surface area contributed by atoms with Crippen LogP contribution in [-0.2, 0) is 16.1 Å². The van der Waals surface area contributed by atoms with Crippen molar-refractivity contribution in [1.29, 1.82) is 0 Å². The van der Waals surface area contributed by atoms with Crippen LogP contribution < -0.4 is 0 Å². The van der Waals surface area contributed by atoms with Gasteiger partial charge in [0.15, 0.2) is 0 Å². The third-order valence-corrected chi connectivity index (χ3v) is 1.50. The normalized spacial score (nSPS) is 9.83. The van der Waals surface area contributed by atoms with Crippen molar-refractivity contribution < 1.29 is 9.63 Å². The van der Waals surface area contributed by atoms with Gasteiger partial charge in [0.2, 0.25) is 0 Å². The molecule has 1 aromatic heterocycles. The number of likely N-dealkylation sites (N-methyl/N-ethyl adjacent to an activating group) is 1. The highest BCUT2D eigenvalue weighted by Crippen LogP contribution is 1.94. The van der Waals surface area contributed by atoms with Gasteiger partial charge < -0.3 is 4.98 Å². The Morgan fingerprint density at radius 1 is 1.83 bits per heavy atom. The number of imidazole rings is 1. The molecule has 0 aliphatic rings. The average molecular weight is 169 g/mol. The maximum Gasteiger partial charge on any atom is 0.253 e. The molecule has 0 unspecified atom stereocenters. The minimum atomic E-state index is -0.132. The fourth-order valence-electron chi connectivity index (χ4n) is 0.751. The first-order valence-electron chi connectivity index (χ1n) is 3.53. The van der Waals surface area contributed by atoms with E-state index in [4.69, 9.17) is 4.84 Å². The third kappa shape index (κ3) is 2.06. The number of nitrogens with zero attached hydrogens (tertiary/aromatic N) is 2. The van der Waals surface area contributed by atoms with Gasteiger partial charge in [0.25, 0.3) is 5.91 Å². The number of aromatic amines is 1. The number of hydrogen-bond donors (Lipinski definition) is 1. The number of rotatable bonds is 3. The van der Waals surface area contributed by atoms with Gasteiger partial charge in [-0.25, -0.2) is 10.0 Å². The van der Waals surface area contributed by atoms with E-state index in [-0.39, 0.29) is 12.3 Å². The molecule has 1 heterocycles.